The van der Waals surface area contributed by atoms with Gasteiger partial charge in [-0.25, -0.2) is 4.39 Å². The van der Waals surface area contributed by atoms with Crippen LogP contribution in [0.1, 0.15) is 17.3 Å². The molecule has 0 saturated heterocycles. The molecule has 0 N–H and O–H groups in total. The van der Waals surface area contributed by atoms with E-state index in [1.165, 1.54) is 23.9 Å². The predicted molar refractivity (Wildman–Crippen MR) is 48.2 cm³/mol. The first-order chi connectivity index (χ1) is 5.76. The van der Waals surface area contributed by atoms with Crippen molar-refractivity contribution in [1.29, 1.82) is 0 Å². The summed E-state index contributed by atoms with van der Waals surface area (Å²) in [5.74, 6) is 0.525. The topological polar surface area (TPSA) is 17.1 Å². The van der Waals surface area contributed by atoms with Gasteiger partial charge in [-0.1, -0.05) is 6.92 Å². The Labute approximate surface area is 75.0 Å². The molecule has 0 fully saturated rings. The lowest BCUT2D eigenvalue weighted by molar-refractivity contribution is 0.112. The lowest BCUT2D eigenvalue weighted by atomic mass is 10.2. The summed E-state index contributed by atoms with van der Waals surface area (Å²) in [7, 11) is 0. The molecular formula is C9H9FOS. The summed E-state index contributed by atoms with van der Waals surface area (Å²) in [5.41, 5.74) is 0.394. The van der Waals surface area contributed by atoms with Crippen molar-refractivity contribution in [2.75, 3.05) is 5.75 Å². The van der Waals surface area contributed by atoms with Gasteiger partial charge in [0, 0.05) is 10.5 Å². The molecule has 64 valence electrons. The molecule has 0 bridgehead atoms. The first-order valence-electron chi connectivity index (χ1n) is 3.65. The van der Waals surface area contributed by atoms with Gasteiger partial charge < -0.3 is 0 Å². The highest BCUT2D eigenvalue weighted by Crippen LogP contribution is 2.19. The summed E-state index contributed by atoms with van der Waals surface area (Å²) in [6, 6.07) is 4.35. The first kappa shape index (κ1) is 9.26. The van der Waals surface area contributed by atoms with Gasteiger partial charge in [0.2, 0.25) is 0 Å². The summed E-state index contributed by atoms with van der Waals surface area (Å²) in [6.45, 7) is 1.98. The van der Waals surface area contributed by atoms with Crippen molar-refractivity contribution in [1.82, 2.24) is 0 Å². The van der Waals surface area contributed by atoms with E-state index in [-0.39, 0.29) is 5.82 Å². The van der Waals surface area contributed by atoms with Crippen molar-refractivity contribution < 1.29 is 9.18 Å². The normalized spacial score (nSPS) is 9.83. The lowest BCUT2D eigenvalue weighted by Gasteiger charge is -1.99. The highest BCUT2D eigenvalue weighted by Gasteiger charge is 1.99. The van der Waals surface area contributed by atoms with Crippen LogP contribution < -0.4 is 0 Å². The Kier molecular flexibility index (Phi) is 3.29. The molecule has 3 heteroatoms. The number of aldehydes is 1. The quantitative estimate of drug-likeness (QED) is 0.530. The fourth-order valence-electron chi connectivity index (χ4n) is 0.902. The van der Waals surface area contributed by atoms with Crippen molar-refractivity contribution >= 4 is 18.0 Å². The molecule has 0 unspecified atom stereocenters. The zero-order valence-corrected chi connectivity index (χ0v) is 7.53. The number of thioether (sulfide) groups is 1. The molecule has 0 saturated carbocycles. The molecule has 0 aromatic heterocycles. The first-order valence-corrected chi connectivity index (χ1v) is 4.63. The van der Waals surface area contributed by atoms with E-state index in [4.69, 9.17) is 0 Å². The fraction of sp³-hybridized carbons (Fsp3) is 0.222. The van der Waals surface area contributed by atoms with E-state index in [1.54, 1.807) is 6.07 Å². The molecule has 1 aromatic rings. The Morgan fingerprint density at radius 1 is 1.50 bits per heavy atom. The monoisotopic (exact) mass is 184 g/mol. The SMILES string of the molecule is CCSc1cc(F)cc(C=O)c1. The van der Waals surface area contributed by atoms with Gasteiger partial charge >= 0.3 is 0 Å². The van der Waals surface area contributed by atoms with Gasteiger partial charge in [-0.05, 0) is 24.0 Å². The number of benzene rings is 1. The Morgan fingerprint density at radius 2 is 2.25 bits per heavy atom. The van der Waals surface area contributed by atoms with E-state index in [1.807, 2.05) is 6.92 Å². The molecule has 0 radical (unpaired) electrons. The van der Waals surface area contributed by atoms with Crippen molar-refractivity contribution in [2.24, 2.45) is 0 Å². The summed E-state index contributed by atoms with van der Waals surface area (Å²) < 4.78 is 12.8. The van der Waals surface area contributed by atoms with Gasteiger partial charge in [-0.15, -0.1) is 11.8 Å². The van der Waals surface area contributed by atoms with E-state index in [9.17, 15) is 9.18 Å². The summed E-state index contributed by atoms with van der Waals surface area (Å²) >= 11 is 1.52. The molecule has 0 aliphatic carbocycles. The molecule has 0 aliphatic heterocycles. The van der Waals surface area contributed by atoms with Crippen LogP contribution in [0.2, 0.25) is 0 Å². The average molecular weight is 184 g/mol. The minimum atomic E-state index is -0.351. The van der Waals surface area contributed by atoms with E-state index < -0.39 is 0 Å². The average Bonchev–Trinajstić information content (AvgIpc) is 2.04. The third kappa shape index (κ3) is 2.34. The number of halogens is 1. The van der Waals surface area contributed by atoms with Crippen LogP contribution in [0.15, 0.2) is 23.1 Å². The Bertz CT molecular complexity index is 286. The Hall–Kier alpha value is -0.830. The van der Waals surface area contributed by atoms with Crippen LogP contribution in [-0.2, 0) is 0 Å². The number of carbonyl (C=O) groups is 1. The van der Waals surface area contributed by atoms with Crippen LogP contribution in [0, 0.1) is 5.82 Å². The molecule has 1 nitrogen and oxygen atoms in total. The van der Waals surface area contributed by atoms with E-state index in [0.717, 1.165) is 10.6 Å². The number of hydrogen-bond donors (Lipinski definition) is 0. The highest BCUT2D eigenvalue weighted by molar-refractivity contribution is 7.99. The maximum absolute atomic E-state index is 12.8. The predicted octanol–water partition coefficient (Wildman–Crippen LogP) is 2.75. The van der Waals surface area contributed by atoms with Crippen molar-refractivity contribution in [3.05, 3.63) is 29.6 Å². The molecule has 0 atom stereocenters. The number of hydrogen-bond acceptors (Lipinski definition) is 2. The Balaban J connectivity index is 2.97. The standard InChI is InChI=1S/C9H9FOS/c1-2-12-9-4-7(6-11)3-8(10)5-9/h3-6H,2H2,1H3. The zero-order chi connectivity index (χ0) is 8.97. The van der Waals surface area contributed by atoms with Gasteiger partial charge in [0.15, 0.2) is 0 Å². The lowest BCUT2D eigenvalue weighted by Crippen LogP contribution is -1.84. The molecular weight excluding hydrogens is 175 g/mol. The fourth-order valence-corrected chi connectivity index (χ4v) is 1.65. The van der Waals surface area contributed by atoms with Crippen LogP contribution in [0.5, 0.6) is 0 Å². The third-order valence-electron chi connectivity index (χ3n) is 1.34. The van der Waals surface area contributed by atoms with E-state index in [2.05, 4.69) is 0 Å². The molecule has 0 heterocycles. The Morgan fingerprint density at radius 3 is 2.83 bits per heavy atom. The second kappa shape index (κ2) is 4.26. The minimum absolute atomic E-state index is 0.351. The largest absolute Gasteiger partial charge is 0.298 e. The second-order valence-electron chi connectivity index (χ2n) is 2.27. The highest BCUT2D eigenvalue weighted by atomic mass is 32.2. The van der Waals surface area contributed by atoms with Gasteiger partial charge in [0.05, 0.1) is 0 Å². The smallest absolute Gasteiger partial charge is 0.150 e. The molecule has 0 aliphatic rings. The van der Waals surface area contributed by atoms with Crippen LogP contribution in [0.25, 0.3) is 0 Å². The maximum atomic E-state index is 12.8. The van der Waals surface area contributed by atoms with E-state index in [0.29, 0.717) is 11.8 Å². The summed E-state index contributed by atoms with van der Waals surface area (Å²) in [4.78, 5) is 11.1. The molecule has 0 spiro atoms. The maximum Gasteiger partial charge on any atom is 0.150 e. The van der Waals surface area contributed by atoms with Crippen LogP contribution in [0.3, 0.4) is 0 Å². The minimum Gasteiger partial charge on any atom is -0.298 e. The van der Waals surface area contributed by atoms with Gasteiger partial charge in [-0.3, -0.25) is 4.79 Å². The van der Waals surface area contributed by atoms with Crippen molar-refractivity contribution in [3.8, 4) is 0 Å². The molecule has 0 amide bonds. The summed E-state index contributed by atoms with van der Waals surface area (Å²) in [6.07, 6.45) is 0.656. The van der Waals surface area contributed by atoms with Crippen LogP contribution >= 0.6 is 11.8 Å². The van der Waals surface area contributed by atoms with Gasteiger partial charge in [0.1, 0.15) is 12.1 Å². The van der Waals surface area contributed by atoms with Gasteiger partial charge in [-0.2, -0.15) is 0 Å². The zero-order valence-electron chi connectivity index (χ0n) is 6.71. The molecule has 1 aromatic carbocycles. The number of carbonyl (C=O) groups excluding carboxylic acids is 1. The van der Waals surface area contributed by atoms with Crippen molar-refractivity contribution in [2.45, 2.75) is 11.8 Å². The summed E-state index contributed by atoms with van der Waals surface area (Å²) in [5, 5.41) is 0. The molecule has 1 rings (SSSR count). The van der Waals surface area contributed by atoms with Crippen molar-refractivity contribution in [3.63, 3.8) is 0 Å². The number of rotatable bonds is 3. The van der Waals surface area contributed by atoms with Gasteiger partial charge in [0.25, 0.3) is 0 Å². The second-order valence-corrected chi connectivity index (χ2v) is 3.61. The van der Waals surface area contributed by atoms with Crippen LogP contribution in [-0.4, -0.2) is 12.0 Å². The molecule has 12 heavy (non-hydrogen) atoms. The van der Waals surface area contributed by atoms with E-state index >= 15 is 0 Å². The van der Waals surface area contributed by atoms with Crippen LogP contribution in [0.4, 0.5) is 4.39 Å². The third-order valence-corrected chi connectivity index (χ3v) is 2.20.